The molecule has 2 heteroatoms. The largest absolute Gasteiger partial charge is 0.228 e. The lowest BCUT2D eigenvalue weighted by Gasteiger charge is -2.22. The molecule has 0 N–H and O–H groups in total. The van der Waals surface area contributed by atoms with Crippen molar-refractivity contribution in [1.82, 2.24) is 9.97 Å². The number of hydrogen-bond donors (Lipinski definition) is 0. The highest BCUT2D eigenvalue weighted by Gasteiger charge is 2.37. The van der Waals surface area contributed by atoms with Crippen molar-refractivity contribution in [2.45, 2.75) is 19.3 Å². The van der Waals surface area contributed by atoms with Crippen molar-refractivity contribution in [3.05, 3.63) is 181 Å². The Hall–Kier alpha value is -6.12. The summed E-state index contributed by atoms with van der Waals surface area (Å²) < 4.78 is 0. The molecule has 1 aliphatic rings. The third kappa shape index (κ3) is 5.05. The predicted octanol–water partition coefficient (Wildman–Crippen LogP) is 12.3. The van der Waals surface area contributed by atoms with Crippen molar-refractivity contribution in [3.8, 4) is 67.3 Å². The van der Waals surface area contributed by atoms with Crippen LogP contribution in [0.3, 0.4) is 0 Å². The van der Waals surface area contributed by atoms with Gasteiger partial charge in [-0.1, -0.05) is 159 Å². The molecule has 0 unspecified atom stereocenters. The molecular weight excluding hydrogens is 593 g/mol. The zero-order valence-electron chi connectivity index (χ0n) is 27.6. The molecular formula is C47H34N2. The smallest absolute Gasteiger partial charge is 0.160 e. The normalized spacial score (nSPS) is 12.9. The summed E-state index contributed by atoms with van der Waals surface area (Å²) in [5, 5.41) is 2.56. The lowest BCUT2D eigenvalue weighted by molar-refractivity contribution is 0.661. The van der Waals surface area contributed by atoms with E-state index in [4.69, 9.17) is 9.97 Å². The van der Waals surface area contributed by atoms with Crippen molar-refractivity contribution in [3.63, 3.8) is 0 Å². The van der Waals surface area contributed by atoms with E-state index in [-0.39, 0.29) is 5.41 Å². The highest BCUT2D eigenvalue weighted by molar-refractivity contribution is 5.99. The van der Waals surface area contributed by atoms with Crippen LogP contribution in [0.25, 0.3) is 78.1 Å². The van der Waals surface area contributed by atoms with Gasteiger partial charge in [0, 0.05) is 22.1 Å². The summed E-state index contributed by atoms with van der Waals surface area (Å²) in [4.78, 5) is 10.2. The van der Waals surface area contributed by atoms with Crippen LogP contribution in [0.15, 0.2) is 170 Å². The minimum atomic E-state index is -0.0927. The quantitative estimate of drug-likeness (QED) is 0.190. The summed E-state index contributed by atoms with van der Waals surface area (Å²) in [6.07, 6.45) is 0. The standard InChI is InChI=1S/C47H34N2/c1-47(2)41-22-12-21-39(45(41)40-28-35-17-9-10-18-36(35)29-42(40)47)37-19-11-20-38(27-37)44-30-43(48-46(49-44)34-15-7-4-8-16-34)33-25-23-32(24-26-33)31-13-5-3-6-14-31/h3-30H,1-2H3. The molecule has 0 aliphatic heterocycles. The predicted molar refractivity (Wildman–Crippen MR) is 204 cm³/mol. The molecule has 1 aromatic heterocycles. The third-order valence-corrected chi connectivity index (χ3v) is 10.1. The second-order valence-electron chi connectivity index (χ2n) is 13.5. The van der Waals surface area contributed by atoms with Gasteiger partial charge < -0.3 is 0 Å². The van der Waals surface area contributed by atoms with Crippen LogP contribution in [0.4, 0.5) is 0 Å². The average molecular weight is 627 g/mol. The Kier molecular flexibility index (Phi) is 6.84. The number of benzene rings is 7. The molecule has 0 radical (unpaired) electrons. The molecule has 2 nitrogen and oxygen atoms in total. The summed E-state index contributed by atoms with van der Waals surface area (Å²) in [6.45, 7) is 4.71. The van der Waals surface area contributed by atoms with Crippen LogP contribution in [-0.2, 0) is 5.41 Å². The van der Waals surface area contributed by atoms with Gasteiger partial charge in [-0.25, -0.2) is 9.97 Å². The summed E-state index contributed by atoms with van der Waals surface area (Å²) >= 11 is 0. The first-order chi connectivity index (χ1) is 24.0. The van der Waals surface area contributed by atoms with Crippen molar-refractivity contribution in [1.29, 1.82) is 0 Å². The zero-order valence-corrected chi connectivity index (χ0v) is 27.6. The first kappa shape index (κ1) is 29.1. The summed E-state index contributed by atoms with van der Waals surface area (Å²) in [5.74, 6) is 0.716. The second kappa shape index (κ2) is 11.5. The lowest BCUT2D eigenvalue weighted by Crippen LogP contribution is -2.14. The van der Waals surface area contributed by atoms with Gasteiger partial charge in [0.2, 0.25) is 0 Å². The first-order valence-corrected chi connectivity index (χ1v) is 16.9. The van der Waals surface area contributed by atoms with Crippen LogP contribution >= 0.6 is 0 Å². The molecule has 0 spiro atoms. The van der Waals surface area contributed by atoms with E-state index >= 15 is 0 Å². The molecule has 49 heavy (non-hydrogen) atoms. The van der Waals surface area contributed by atoms with Gasteiger partial charge in [0.1, 0.15) is 0 Å². The molecule has 8 aromatic rings. The second-order valence-corrected chi connectivity index (χ2v) is 13.5. The zero-order chi connectivity index (χ0) is 33.0. The van der Waals surface area contributed by atoms with E-state index in [0.717, 1.165) is 28.1 Å². The molecule has 232 valence electrons. The van der Waals surface area contributed by atoms with Crippen molar-refractivity contribution >= 4 is 10.8 Å². The monoisotopic (exact) mass is 626 g/mol. The van der Waals surface area contributed by atoms with Crippen molar-refractivity contribution in [2.24, 2.45) is 0 Å². The number of hydrogen-bond acceptors (Lipinski definition) is 2. The Balaban J connectivity index is 1.17. The van der Waals surface area contributed by atoms with Crippen LogP contribution < -0.4 is 0 Å². The summed E-state index contributed by atoms with van der Waals surface area (Å²) in [6, 6.07) is 60.6. The number of fused-ring (bicyclic) bond motifs is 4. The maximum absolute atomic E-state index is 5.15. The minimum Gasteiger partial charge on any atom is -0.228 e. The Bertz CT molecular complexity index is 2490. The molecule has 0 atom stereocenters. The topological polar surface area (TPSA) is 25.8 Å². The van der Waals surface area contributed by atoms with Gasteiger partial charge in [-0.05, 0) is 79.5 Å². The Morgan fingerprint density at radius 3 is 1.65 bits per heavy atom. The van der Waals surface area contributed by atoms with E-state index in [9.17, 15) is 0 Å². The molecule has 9 rings (SSSR count). The Labute approximate surface area is 287 Å². The van der Waals surface area contributed by atoms with Gasteiger partial charge in [0.05, 0.1) is 11.4 Å². The van der Waals surface area contributed by atoms with Crippen LogP contribution in [0.1, 0.15) is 25.0 Å². The summed E-state index contributed by atoms with van der Waals surface area (Å²) in [7, 11) is 0. The van der Waals surface area contributed by atoms with Gasteiger partial charge in [0.15, 0.2) is 5.82 Å². The Morgan fingerprint density at radius 2 is 0.918 bits per heavy atom. The average Bonchev–Trinajstić information content (AvgIpc) is 3.39. The third-order valence-electron chi connectivity index (χ3n) is 10.1. The van der Waals surface area contributed by atoms with Gasteiger partial charge in [-0.15, -0.1) is 0 Å². The van der Waals surface area contributed by atoms with Gasteiger partial charge in [-0.3, -0.25) is 0 Å². The van der Waals surface area contributed by atoms with E-state index in [2.05, 4.69) is 159 Å². The fraction of sp³-hybridized carbons (Fsp3) is 0.0638. The number of aromatic nitrogens is 2. The maximum atomic E-state index is 5.15. The lowest BCUT2D eigenvalue weighted by atomic mass is 9.81. The van der Waals surface area contributed by atoms with E-state index in [0.29, 0.717) is 5.82 Å². The molecule has 0 bridgehead atoms. The highest BCUT2D eigenvalue weighted by Crippen LogP contribution is 2.53. The van der Waals surface area contributed by atoms with Crippen LogP contribution in [-0.4, -0.2) is 9.97 Å². The fourth-order valence-electron chi connectivity index (χ4n) is 7.48. The Morgan fingerprint density at radius 1 is 0.367 bits per heavy atom. The number of rotatable bonds is 5. The van der Waals surface area contributed by atoms with Crippen molar-refractivity contribution in [2.75, 3.05) is 0 Å². The van der Waals surface area contributed by atoms with Crippen LogP contribution in [0.2, 0.25) is 0 Å². The van der Waals surface area contributed by atoms with Gasteiger partial charge in [-0.2, -0.15) is 0 Å². The highest BCUT2D eigenvalue weighted by atomic mass is 14.9. The minimum absolute atomic E-state index is 0.0927. The van der Waals surface area contributed by atoms with E-state index in [1.165, 1.54) is 55.3 Å². The van der Waals surface area contributed by atoms with E-state index in [1.54, 1.807) is 0 Å². The van der Waals surface area contributed by atoms with E-state index in [1.807, 2.05) is 24.3 Å². The van der Waals surface area contributed by atoms with E-state index < -0.39 is 0 Å². The van der Waals surface area contributed by atoms with Crippen LogP contribution in [0, 0.1) is 0 Å². The fourth-order valence-corrected chi connectivity index (χ4v) is 7.48. The molecule has 0 fully saturated rings. The van der Waals surface area contributed by atoms with Gasteiger partial charge in [0.25, 0.3) is 0 Å². The first-order valence-electron chi connectivity index (χ1n) is 16.9. The maximum Gasteiger partial charge on any atom is 0.160 e. The molecule has 0 saturated carbocycles. The van der Waals surface area contributed by atoms with Gasteiger partial charge >= 0.3 is 0 Å². The molecule has 1 heterocycles. The molecule has 1 aliphatic carbocycles. The SMILES string of the molecule is CC1(C)c2cc3ccccc3cc2-c2c(-c3cccc(-c4cc(-c5ccc(-c6ccccc6)cc5)nc(-c5ccccc5)n4)c3)cccc21. The van der Waals surface area contributed by atoms with Crippen molar-refractivity contribution < 1.29 is 0 Å². The number of nitrogens with zero attached hydrogens (tertiary/aromatic N) is 2. The molecule has 0 saturated heterocycles. The van der Waals surface area contributed by atoms with Crippen LogP contribution in [0.5, 0.6) is 0 Å². The summed E-state index contributed by atoms with van der Waals surface area (Å²) in [5.41, 5.74) is 15.0. The molecule has 7 aromatic carbocycles. The molecule has 0 amide bonds.